The molecule has 116 valence electrons. The van der Waals surface area contributed by atoms with E-state index in [-0.39, 0.29) is 5.92 Å². The second kappa shape index (κ2) is 7.45. The van der Waals surface area contributed by atoms with Crippen molar-refractivity contribution in [2.75, 3.05) is 0 Å². The third-order valence-corrected chi connectivity index (χ3v) is 4.99. The molecular formula is C15H22N2O3S. The van der Waals surface area contributed by atoms with Crippen LogP contribution in [0.3, 0.4) is 0 Å². The molecule has 0 bridgehead atoms. The first-order chi connectivity index (χ1) is 10.1. The van der Waals surface area contributed by atoms with Crippen LogP contribution in [0.1, 0.15) is 43.2 Å². The van der Waals surface area contributed by atoms with E-state index < -0.39 is 18.0 Å². The zero-order chi connectivity index (χ0) is 15.2. The van der Waals surface area contributed by atoms with Gasteiger partial charge in [0, 0.05) is 6.54 Å². The molecule has 1 aromatic heterocycles. The highest BCUT2D eigenvalue weighted by molar-refractivity contribution is 7.08. The summed E-state index contributed by atoms with van der Waals surface area (Å²) in [5, 5.41) is 18.7. The minimum atomic E-state index is -0.941. The SMILES string of the molecule is Cc1cscc1CNC(=O)NC(C(=O)O)C1CCCCC1. The third kappa shape index (κ3) is 4.46. The van der Waals surface area contributed by atoms with E-state index in [9.17, 15) is 14.7 Å². The highest BCUT2D eigenvalue weighted by Crippen LogP contribution is 2.26. The number of hydrogen-bond acceptors (Lipinski definition) is 3. The van der Waals surface area contributed by atoms with Crippen molar-refractivity contribution in [2.24, 2.45) is 5.92 Å². The number of aryl methyl sites for hydroxylation is 1. The summed E-state index contributed by atoms with van der Waals surface area (Å²) < 4.78 is 0. The molecule has 2 amide bonds. The first-order valence-corrected chi connectivity index (χ1v) is 8.31. The summed E-state index contributed by atoms with van der Waals surface area (Å²) in [6.45, 7) is 2.42. The minimum absolute atomic E-state index is 0.0462. The number of nitrogens with one attached hydrogen (secondary N) is 2. The highest BCUT2D eigenvalue weighted by Gasteiger charge is 2.30. The van der Waals surface area contributed by atoms with Crippen LogP contribution in [0.4, 0.5) is 4.79 Å². The van der Waals surface area contributed by atoms with Gasteiger partial charge in [-0.2, -0.15) is 11.3 Å². The Kier molecular flexibility index (Phi) is 5.61. The molecule has 0 aliphatic heterocycles. The molecule has 3 N–H and O–H groups in total. The molecule has 1 heterocycles. The number of thiophene rings is 1. The lowest BCUT2D eigenvalue weighted by Crippen LogP contribution is -2.50. The number of carbonyl (C=O) groups is 2. The van der Waals surface area contributed by atoms with Gasteiger partial charge in [0.2, 0.25) is 0 Å². The van der Waals surface area contributed by atoms with Gasteiger partial charge >= 0.3 is 12.0 Å². The van der Waals surface area contributed by atoms with E-state index >= 15 is 0 Å². The van der Waals surface area contributed by atoms with Crippen LogP contribution in [-0.4, -0.2) is 23.1 Å². The lowest BCUT2D eigenvalue weighted by atomic mass is 9.84. The molecular weight excluding hydrogens is 288 g/mol. The summed E-state index contributed by atoms with van der Waals surface area (Å²) in [7, 11) is 0. The van der Waals surface area contributed by atoms with Gasteiger partial charge in [-0.1, -0.05) is 19.3 Å². The molecule has 0 aromatic carbocycles. The Labute approximate surface area is 128 Å². The molecule has 1 atom stereocenters. The highest BCUT2D eigenvalue weighted by atomic mass is 32.1. The molecule has 5 nitrogen and oxygen atoms in total. The van der Waals surface area contributed by atoms with Crippen LogP contribution in [0.25, 0.3) is 0 Å². The Morgan fingerprint density at radius 3 is 2.62 bits per heavy atom. The molecule has 1 fully saturated rings. The van der Waals surface area contributed by atoms with Gasteiger partial charge in [-0.25, -0.2) is 9.59 Å². The molecule has 21 heavy (non-hydrogen) atoms. The maximum absolute atomic E-state index is 11.9. The Hall–Kier alpha value is -1.56. The van der Waals surface area contributed by atoms with Gasteiger partial charge in [-0.3, -0.25) is 0 Å². The summed E-state index contributed by atoms with van der Waals surface area (Å²) in [5.41, 5.74) is 2.21. The summed E-state index contributed by atoms with van der Waals surface area (Å²) >= 11 is 1.59. The van der Waals surface area contributed by atoms with Crippen LogP contribution in [0.15, 0.2) is 10.8 Å². The predicted octanol–water partition coefficient (Wildman–Crippen LogP) is 2.89. The standard InChI is InChI=1S/C15H22N2O3S/c1-10-8-21-9-12(10)7-16-15(20)17-13(14(18)19)11-5-3-2-4-6-11/h8-9,11,13H,2-7H2,1H3,(H,18,19)(H2,16,17,20). The number of amides is 2. The van der Waals surface area contributed by atoms with Crippen molar-refractivity contribution in [1.82, 2.24) is 10.6 Å². The average molecular weight is 310 g/mol. The lowest BCUT2D eigenvalue weighted by Gasteiger charge is -2.28. The Morgan fingerprint density at radius 2 is 2.05 bits per heavy atom. The smallest absolute Gasteiger partial charge is 0.326 e. The predicted molar refractivity (Wildman–Crippen MR) is 82.4 cm³/mol. The maximum atomic E-state index is 11.9. The van der Waals surface area contributed by atoms with Gasteiger partial charge in [0.05, 0.1) is 0 Å². The van der Waals surface area contributed by atoms with Crippen molar-refractivity contribution >= 4 is 23.3 Å². The third-order valence-electron chi connectivity index (χ3n) is 4.07. The van der Waals surface area contributed by atoms with Crippen LogP contribution >= 0.6 is 11.3 Å². The molecule has 0 saturated heterocycles. The zero-order valence-electron chi connectivity index (χ0n) is 12.2. The lowest BCUT2D eigenvalue weighted by molar-refractivity contribution is -0.141. The average Bonchev–Trinajstić information content (AvgIpc) is 2.88. The zero-order valence-corrected chi connectivity index (χ0v) is 13.0. The van der Waals surface area contributed by atoms with Gasteiger partial charge < -0.3 is 15.7 Å². The van der Waals surface area contributed by atoms with Crippen molar-refractivity contribution in [1.29, 1.82) is 0 Å². The summed E-state index contributed by atoms with van der Waals surface area (Å²) in [6.07, 6.45) is 5.01. The first kappa shape index (κ1) is 15.8. The molecule has 0 spiro atoms. The van der Waals surface area contributed by atoms with Gasteiger partial charge in [-0.15, -0.1) is 0 Å². The minimum Gasteiger partial charge on any atom is -0.480 e. The molecule has 1 aliphatic rings. The molecule has 0 radical (unpaired) electrons. The second-order valence-corrected chi connectivity index (χ2v) is 6.36. The van der Waals surface area contributed by atoms with Crippen LogP contribution in [-0.2, 0) is 11.3 Å². The van der Waals surface area contributed by atoms with Crippen molar-refractivity contribution in [3.63, 3.8) is 0 Å². The van der Waals surface area contributed by atoms with Crippen LogP contribution in [0.5, 0.6) is 0 Å². The quantitative estimate of drug-likeness (QED) is 0.782. The van der Waals surface area contributed by atoms with Crippen LogP contribution in [0.2, 0.25) is 0 Å². The molecule has 1 saturated carbocycles. The fourth-order valence-electron chi connectivity index (χ4n) is 2.78. The number of urea groups is 1. The second-order valence-electron chi connectivity index (χ2n) is 5.62. The monoisotopic (exact) mass is 310 g/mol. The van der Waals surface area contributed by atoms with Crippen molar-refractivity contribution < 1.29 is 14.7 Å². The Balaban J connectivity index is 1.86. The van der Waals surface area contributed by atoms with E-state index in [1.165, 1.54) is 0 Å². The van der Waals surface area contributed by atoms with E-state index in [0.29, 0.717) is 6.54 Å². The Morgan fingerprint density at radius 1 is 1.33 bits per heavy atom. The van der Waals surface area contributed by atoms with Gasteiger partial charge in [-0.05, 0) is 47.6 Å². The van der Waals surface area contributed by atoms with E-state index in [1.54, 1.807) is 11.3 Å². The molecule has 1 aromatic rings. The molecule has 6 heteroatoms. The number of rotatable bonds is 5. The van der Waals surface area contributed by atoms with Crippen LogP contribution < -0.4 is 10.6 Å². The van der Waals surface area contributed by atoms with E-state index in [1.807, 2.05) is 17.7 Å². The topological polar surface area (TPSA) is 78.4 Å². The molecule has 1 aliphatic carbocycles. The van der Waals surface area contributed by atoms with E-state index in [2.05, 4.69) is 10.6 Å². The summed E-state index contributed by atoms with van der Waals surface area (Å²) in [4.78, 5) is 23.3. The number of aliphatic carboxylic acids is 1. The number of hydrogen-bond donors (Lipinski definition) is 3. The number of carboxylic acids is 1. The maximum Gasteiger partial charge on any atom is 0.326 e. The van der Waals surface area contributed by atoms with Gasteiger partial charge in [0.1, 0.15) is 6.04 Å². The summed E-state index contributed by atoms with van der Waals surface area (Å²) in [6, 6.07) is -1.19. The molecule has 2 rings (SSSR count). The van der Waals surface area contributed by atoms with E-state index in [0.717, 1.165) is 43.2 Å². The largest absolute Gasteiger partial charge is 0.480 e. The van der Waals surface area contributed by atoms with Crippen molar-refractivity contribution in [2.45, 2.75) is 51.6 Å². The first-order valence-electron chi connectivity index (χ1n) is 7.36. The summed E-state index contributed by atoms with van der Waals surface area (Å²) in [5.74, 6) is -0.895. The fourth-order valence-corrected chi connectivity index (χ4v) is 3.64. The van der Waals surface area contributed by atoms with Gasteiger partial charge in [0.25, 0.3) is 0 Å². The van der Waals surface area contributed by atoms with Crippen molar-refractivity contribution in [3.8, 4) is 0 Å². The van der Waals surface area contributed by atoms with Gasteiger partial charge in [0.15, 0.2) is 0 Å². The fraction of sp³-hybridized carbons (Fsp3) is 0.600. The van der Waals surface area contributed by atoms with Crippen molar-refractivity contribution in [3.05, 3.63) is 21.9 Å². The molecule has 1 unspecified atom stereocenters. The number of carboxylic acid groups (broad SMARTS) is 1. The normalized spacial score (nSPS) is 17.2. The number of carbonyl (C=O) groups excluding carboxylic acids is 1. The Bertz CT molecular complexity index is 495. The van der Waals surface area contributed by atoms with Crippen LogP contribution in [0, 0.1) is 12.8 Å². The van der Waals surface area contributed by atoms with E-state index in [4.69, 9.17) is 0 Å².